The molecule has 2 aliphatic heterocycles. The number of anilines is 6. The maximum Gasteiger partial charge on any atom is 0.295 e. The van der Waals surface area contributed by atoms with Crippen LogP contribution < -0.4 is 30.8 Å². The molecule has 4 heterocycles. The summed E-state index contributed by atoms with van der Waals surface area (Å²) in [7, 11) is 2.21. The van der Waals surface area contributed by atoms with E-state index in [9.17, 15) is 0 Å². The first kappa shape index (κ1) is 31.3. The van der Waals surface area contributed by atoms with Crippen LogP contribution in [0.5, 0.6) is 0 Å². The highest BCUT2D eigenvalue weighted by Crippen LogP contribution is 2.46. The summed E-state index contributed by atoms with van der Waals surface area (Å²) in [4.78, 5) is 4.97. The highest BCUT2D eigenvalue weighted by Gasteiger charge is 2.43. The normalized spacial score (nSPS) is 13.1. The van der Waals surface area contributed by atoms with E-state index in [0.717, 1.165) is 11.4 Å². The second kappa shape index (κ2) is 11.7. The van der Waals surface area contributed by atoms with Crippen LogP contribution in [0.2, 0.25) is 0 Å². The van der Waals surface area contributed by atoms with Crippen molar-refractivity contribution in [3.63, 3.8) is 0 Å². The number of nitrogens with zero attached hydrogens (tertiary/aromatic N) is 4. The quantitative estimate of drug-likeness (QED) is 0.103. The largest absolute Gasteiger partial charge is 0.311 e. The predicted molar refractivity (Wildman–Crippen MR) is 235 cm³/mol. The molecular formula is C51H36BN4+. The van der Waals surface area contributed by atoms with Crippen molar-refractivity contribution in [2.75, 3.05) is 9.80 Å². The summed E-state index contributed by atoms with van der Waals surface area (Å²) in [5.74, 6) is 0. The third-order valence-corrected chi connectivity index (χ3v) is 12.3. The summed E-state index contributed by atoms with van der Waals surface area (Å²) in [5.41, 5.74) is 19.6. The summed E-state index contributed by atoms with van der Waals surface area (Å²) >= 11 is 0. The van der Waals surface area contributed by atoms with Crippen molar-refractivity contribution in [3.05, 3.63) is 188 Å². The van der Waals surface area contributed by atoms with Crippen molar-refractivity contribution in [2.24, 2.45) is 7.05 Å². The number of pyridine rings is 1. The zero-order valence-corrected chi connectivity index (χ0v) is 31.2. The number of rotatable bonds is 3. The van der Waals surface area contributed by atoms with Crippen LogP contribution in [-0.2, 0) is 7.05 Å². The molecule has 0 bridgehead atoms. The Labute approximate surface area is 325 Å². The smallest absolute Gasteiger partial charge is 0.295 e. The molecule has 2 aliphatic rings. The molecular weight excluding hydrogens is 679 g/mol. The van der Waals surface area contributed by atoms with Crippen LogP contribution in [0.1, 0.15) is 5.56 Å². The van der Waals surface area contributed by atoms with E-state index < -0.39 is 0 Å². The monoisotopic (exact) mass is 715 g/mol. The van der Waals surface area contributed by atoms with Gasteiger partial charge < -0.3 is 9.80 Å². The van der Waals surface area contributed by atoms with Crippen LogP contribution in [0.15, 0.2) is 182 Å². The Hall–Kier alpha value is -7.11. The number of hydrogen-bond donors (Lipinski definition) is 0. The molecule has 0 saturated carbocycles. The fourth-order valence-electron chi connectivity index (χ4n) is 9.93. The minimum Gasteiger partial charge on any atom is -0.311 e. The minimum absolute atomic E-state index is 0.0837. The molecule has 5 heteroatoms. The molecule has 0 fully saturated rings. The van der Waals surface area contributed by atoms with Gasteiger partial charge in [-0.3, -0.25) is 0 Å². The maximum absolute atomic E-state index is 2.49. The topological polar surface area (TPSA) is 14.8 Å². The van der Waals surface area contributed by atoms with Gasteiger partial charge in [-0.25, -0.2) is 4.57 Å². The standard InChI is InChI=1S/C51H36BN4/c1-33-16-15-22-39-38-21-9-12-25-42(38)56-46-30-34(28-29-45(46)53(2)51(56)49(33)39)35-31-47-50-48(32-35)55(37-19-7-4-8-20-37)44-27-14-11-24-41(44)52(50)40-23-10-13-26-43(40)54(47)36-17-5-3-6-18-36/h3-32H,1-2H3/q+1. The molecule has 0 saturated heterocycles. The number of para-hydroxylation sites is 5. The fraction of sp³-hybridized carbons (Fsp3) is 0.0392. The second-order valence-corrected chi connectivity index (χ2v) is 15.3. The Kier molecular flexibility index (Phi) is 6.53. The van der Waals surface area contributed by atoms with E-state index in [1.165, 1.54) is 94.2 Å². The summed E-state index contributed by atoms with van der Waals surface area (Å²) in [6, 6.07) is 67.2. The van der Waals surface area contributed by atoms with Crippen molar-refractivity contribution in [1.29, 1.82) is 0 Å². The lowest BCUT2D eigenvalue weighted by atomic mass is 9.33. The number of imidazole rings is 1. The van der Waals surface area contributed by atoms with Gasteiger partial charge in [0, 0.05) is 44.9 Å². The van der Waals surface area contributed by atoms with Gasteiger partial charge in [0.2, 0.25) is 0 Å². The Morgan fingerprint density at radius 1 is 0.464 bits per heavy atom. The Bertz CT molecular complexity index is 3130. The van der Waals surface area contributed by atoms with E-state index in [1.807, 2.05) is 0 Å². The highest BCUT2D eigenvalue weighted by molar-refractivity contribution is 7.00. The third-order valence-electron chi connectivity index (χ3n) is 12.3. The van der Waals surface area contributed by atoms with Crippen LogP contribution >= 0.6 is 0 Å². The number of hydrogen-bond acceptors (Lipinski definition) is 2. The van der Waals surface area contributed by atoms with Crippen molar-refractivity contribution in [3.8, 4) is 11.1 Å². The highest BCUT2D eigenvalue weighted by atomic mass is 15.2. The van der Waals surface area contributed by atoms with Crippen molar-refractivity contribution >= 4 is 95.6 Å². The molecule has 4 nitrogen and oxygen atoms in total. The molecule has 10 aromatic rings. The fourth-order valence-corrected chi connectivity index (χ4v) is 9.93. The average molecular weight is 716 g/mol. The number of benzene rings is 8. The van der Waals surface area contributed by atoms with E-state index in [0.29, 0.717) is 0 Å². The van der Waals surface area contributed by atoms with Gasteiger partial charge in [-0.05, 0) is 113 Å². The Morgan fingerprint density at radius 3 is 1.70 bits per heavy atom. The first-order valence-electron chi connectivity index (χ1n) is 19.5. The molecule has 262 valence electrons. The van der Waals surface area contributed by atoms with Gasteiger partial charge in [0.15, 0.2) is 11.0 Å². The zero-order valence-electron chi connectivity index (χ0n) is 31.2. The third kappa shape index (κ3) is 4.23. The molecule has 0 aliphatic carbocycles. The summed E-state index contributed by atoms with van der Waals surface area (Å²) in [6.45, 7) is 2.32. The first-order chi connectivity index (χ1) is 27.7. The maximum atomic E-state index is 2.49. The minimum atomic E-state index is 0.0837. The molecule has 2 aromatic heterocycles. The summed E-state index contributed by atoms with van der Waals surface area (Å²) in [5, 5.41) is 3.85. The molecule has 0 N–H and O–H groups in total. The van der Waals surface area contributed by atoms with Gasteiger partial charge in [0.1, 0.15) is 5.52 Å². The van der Waals surface area contributed by atoms with Gasteiger partial charge in [-0.2, -0.15) is 4.40 Å². The molecule has 0 spiro atoms. The van der Waals surface area contributed by atoms with Gasteiger partial charge in [0.05, 0.1) is 12.4 Å². The molecule has 8 aromatic carbocycles. The molecule has 0 unspecified atom stereocenters. The van der Waals surface area contributed by atoms with E-state index in [4.69, 9.17) is 0 Å². The lowest BCUT2D eigenvalue weighted by Gasteiger charge is -2.44. The van der Waals surface area contributed by atoms with Crippen LogP contribution in [0.25, 0.3) is 49.5 Å². The van der Waals surface area contributed by atoms with Crippen molar-refractivity contribution in [2.45, 2.75) is 6.92 Å². The van der Waals surface area contributed by atoms with Gasteiger partial charge in [-0.1, -0.05) is 109 Å². The van der Waals surface area contributed by atoms with Gasteiger partial charge in [0.25, 0.3) is 12.4 Å². The van der Waals surface area contributed by atoms with Gasteiger partial charge >= 0.3 is 0 Å². The molecule has 0 amide bonds. The lowest BCUT2D eigenvalue weighted by Crippen LogP contribution is -2.61. The van der Waals surface area contributed by atoms with E-state index in [2.05, 4.69) is 215 Å². The molecule has 56 heavy (non-hydrogen) atoms. The lowest BCUT2D eigenvalue weighted by molar-refractivity contribution is -0.617. The second-order valence-electron chi connectivity index (χ2n) is 15.3. The zero-order chi connectivity index (χ0) is 37.1. The summed E-state index contributed by atoms with van der Waals surface area (Å²) in [6.07, 6.45) is 0. The van der Waals surface area contributed by atoms with Crippen molar-refractivity contribution < 1.29 is 4.57 Å². The number of aromatic nitrogens is 2. The van der Waals surface area contributed by atoms with E-state index in [-0.39, 0.29) is 6.71 Å². The van der Waals surface area contributed by atoms with Crippen LogP contribution in [0, 0.1) is 6.92 Å². The summed E-state index contributed by atoms with van der Waals surface area (Å²) < 4.78 is 4.87. The van der Waals surface area contributed by atoms with Crippen LogP contribution in [-0.4, -0.2) is 11.1 Å². The number of aryl methyl sites for hydroxylation is 2. The first-order valence-corrected chi connectivity index (χ1v) is 19.5. The molecule has 0 atom stereocenters. The van der Waals surface area contributed by atoms with Crippen molar-refractivity contribution in [1.82, 2.24) is 4.40 Å². The van der Waals surface area contributed by atoms with E-state index >= 15 is 0 Å². The molecule has 0 radical (unpaired) electrons. The average Bonchev–Trinajstić information content (AvgIpc) is 3.55. The number of fused-ring (bicyclic) bond motifs is 12. The van der Waals surface area contributed by atoms with E-state index in [1.54, 1.807) is 0 Å². The van der Waals surface area contributed by atoms with Crippen LogP contribution in [0.4, 0.5) is 34.1 Å². The Balaban J connectivity index is 1.19. The SMILES string of the molecule is Cc1cccc2c3ccccc3n3c4cc(-c5cc6c7c(c5)N(c5ccccc5)c5ccccc5B7c5ccccc5N6c5ccccc5)ccc4[n+](C)c3c12. The molecule has 12 rings (SSSR count). The Morgan fingerprint density at radius 2 is 1.04 bits per heavy atom. The van der Waals surface area contributed by atoms with Crippen LogP contribution in [0.3, 0.4) is 0 Å². The predicted octanol–water partition coefficient (Wildman–Crippen LogP) is 10.3. The van der Waals surface area contributed by atoms with Gasteiger partial charge in [-0.15, -0.1) is 0 Å².